The Balaban J connectivity index is 2.15. The van der Waals surface area contributed by atoms with E-state index in [-0.39, 0.29) is 39.5 Å². The molecule has 0 aliphatic carbocycles. The zero-order chi connectivity index (χ0) is 32.8. The van der Waals surface area contributed by atoms with Gasteiger partial charge in [-0.2, -0.15) is 13.2 Å². The summed E-state index contributed by atoms with van der Waals surface area (Å²) in [6.45, 7) is 6.38. The quantitative estimate of drug-likeness (QED) is 0.223. The van der Waals surface area contributed by atoms with Crippen LogP contribution in [0.4, 0.5) is 18.9 Å². The molecule has 44 heavy (non-hydrogen) atoms. The summed E-state index contributed by atoms with van der Waals surface area (Å²) in [4.78, 5) is 28.4. The van der Waals surface area contributed by atoms with Gasteiger partial charge in [0.2, 0.25) is 11.8 Å². The highest BCUT2D eigenvalue weighted by molar-refractivity contribution is 7.92. The molecule has 1 atom stereocenters. The second kappa shape index (κ2) is 14.7. The summed E-state index contributed by atoms with van der Waals surface area (Å²) in [5.74, 6) is -1.22. The molecule has 0 spiro atoms. The third-order valence-corrected chi connectivity index (χ3v) is 9.31. The standard InChI is InChI=1S/C31H34Cl2F3N3O4S/c1-5-28(30(41)37-17-20(2)3)38(18-25-26(32)10-7-11-27(25)33)29(40)19-39(23-9-6-8-22(16-23)31(34,35)36)44(42,43)24-14-12-21(4)13-15-24/h6-16,20,28H,5,17-19H2,1-4H3,(H,37,41)/t28-/m0/s1. The highest BCUT2D eigenvalue weighted by Gasteiger charge is 2.36. The number of rotatable bonds is 12. The van der Waals surface area contributed by atoms with Crippen LogP contribution in [-0.4, -0.2) is 44.3 Å². The minimum absolute atomic E-state index is 0.106. The SMILES string of the molecule is CC[C@@H](C(=O)NCC(C)C)N(Cc1c(Cl)cccc1Cl)C(=O)CN(c1cccc(C(F)(F)F)c1)S(=O)(=O)c1ccc(C)cc1. The maximum atomic E-state index is 14.1. The molecule has 1 N–H and O–H groups in total. The summed E-state index contributed by atoms with van der Waals surface area (Å²) in [6, 6.07) is 13.1. The van der Waals surface area contributed by atoms with Crippen molar-refractivity contribution < 1.29 is 31.2 Å². The van der Waals surface area contributed by atoms with E-state index < -0.39 is 46.2 Å². The predicted octanol–water partition coefficient (Wildman–Crippen LogP) is 7.10. The van der Waals surface area contributed by atoms with Crippen molar-refractivity contribution in [3.63, 3.8) is 0 Å². The Morgan fingerprint density at radius 1 is 0.955 bits per heavy atom. The minimum atomic E-state index is -4.77. The van der Waals surface area contributed by atoms with Crippen LogP contribution in [0.15, 0.2) is 71.6 Å². The molecule has 0 aromatic heterocycles. The second-order valence-electron chi connectivity index (χ2n) is 10.7. The van der Waals surface area contributed by atoms with E-state index in [1.165, 1.54) is 30.3 Å². The van der Waals surface area contributed by atoms with Crippen molar-refractivity contribution >= 4 is 50.7 Å². The third kappa shape index (κ3) is 8.67. The Morgan fingerprint density at radius 3 is 2.09 bits per heavy atom. The summed E-state index contributed by atoms with van der Waals surface area (Å²) >= 11 is 12.8. The van der Waals surface area contributed by atoms with E-state index in [1.54, 1.807) is 32.0 Å². The Hall–Kier alpha value is -3.28. The maximum Gasteiger partial charge on any atom is 0.416 e. The number of sulfonamides is 1. The number of carbonyl (C=O) groups excluding carboxylic acids is 2. The minimum Gasteiger partial charge on any atom is -0.354 e. The number of alkyl halides is 3. The lowest BCUT2D eigenvalue weighted by Crippen LogP contribution is -2.52. The monoisotopic (exact) mass is 671 g/mol. The molecule has 238 valence electrons. The number of anilines is 1. The molecule has 3 aromatic carbocycles. The van der Waals surface area contributed by atoms with E-state index in [9.17, 15) is 31.2 Å². The number of nitrogens with zero attached hydrogens (tertiary/aromatic N) is 2. The molecular weight excluding hydrogens is 638 g/mol. The number of nitrogens with one attached hydrogen (secondary N) is 1. The van der Waals surface area contributed by atoms with E-state index >= 15 is 0 Å². The van der Waals surface area contributed by atoms with Crippen molar-refractivity contribution in [2.75, 3.05) is 17.4 Å². The van der Waals surface area contributed by atoms with Crippen LogP contribution in [0.1, 0.15) is 43.9 Å². The van der Waals surface area contributed by atoms with Crippen molar-refractivity contribution in [1.82, 2.24) is 10.2 Å². The van der Waals surface area contributed by atoms with Crippen molar-refractivity contribution in [1.29, 1.82) is 0 Å². The zero-order valence-electron chi connectivity index (χ0n) is 24.7. The number of carbonyl (C=O) groups is 2. The molecule has 0 unspecified atom stereocenters. The van der Waals surface area contributed by atoms with Crippen LogP contribution in [-0.2, 0) is 32.3 Å². The first-order valence-corrected chi connectivity index (χ1v) is 16.0. The summed E-state index contributed by atoms with van der Waals surface area (Å²) in [6.07, 6.45) is -4.63. The molecule has 0 radical (unpaired) electrons. The van der Waals surface area contributed by atoms with Gasteiger partial charge in [0.05, 0.1) is 16.1 Å². The molecule has 0 saturated heterocycles. The summed E-state index contributed by atoms with van der Waals surface area (Å²) < 4.78 is 69.5. The number of hydrogen-bond donors (Lipinski definition) is 1. The molecule has 0 heterocycles. The first kappa shape index (κ1) is 35.2. The van der Waals surface area contributed by atoms with Crippen LogP contribution in [0.2, 0.25) is 10.0 Å². The largest absolute Gasteiger partial charge is 0.416 e. The maximum absolute atomic E-state index is 14.1. The number of halogens is 5. The van der Waals surface area contributed by atoms with Gasteiger partial charge in [-0.25, -0.2) is 8.42 Å². The van der Waals surface area contributed by atoms with Gasteiger partial charge in [0.25, 0.3) is 10.0 Å². The highest BCUT2D eigenvalue weighted by atomic mass is 35.5. The van der Waals surface area contributed by atoms with Gasteiger partial charge in [-0.1, -0.05) is 73.8 Å². The van der Waals surface area contributed by atoms with E-state index in [2.05, 4.69) is 5.32 Å². The lowest BCUT2D eigenvalue weighted by Gasteiger charge is -2.33. The summed E-state index contributed by atoms with van der Waals surface area (Å²) in [5, 5.41) is 3.23. The highest BCUT2D eigenvalue weighted by Crippen LogP contribution is 2.34. The molecule has 0 bridgehead atoms. The van der Waals surface area contributed by atoms with Gasteiger partial charge in [0.1, 0.15) is 12.6 Å². The molecule has 0 saturated carbocycles. The van der Waals surface area contributed by atoms with Gasteiger partial charge in [-0.15, -0.1) is 0 Å². The molecule has 7 nitrogen and oxygen atoms in total. The van der Waals surface area contributed by atoms with Crippen LogP contribution < -0.4 is 9.62 Å². The topological polar surface area (TPSA) is 86.8 Å². The van der Waals surface area contributed by atoms with Gasteiger partial charge in [0.15, 0.2) is 0 Å². The number of amides is 2. The van der Waals surface area contributed by atoms with Crippen molar-refractivity contribution in [3.05, 3.63) is 93.5 Å². The Morgan fingerprint density at radius 2 is 1.55 bits per heavy atom. The van der Waals surface area contributed by atoms with Crippen LogP contribution >= 0.6 is 23.2 Å². The predicted molar refractivity (Wildman–Crippen MR) is 166 cm³/mol. The number of aryl methyl sites for hydroxylation is 1. The van der Waals surface area contributed by atoms with E-state index in [1.807, 2.05) is 13.8 Å². The molecule has 0 aliphatic heterocycles. The first-order chi connectivity index (χ1) is 20.6. The van der Waals surface area contributed by atoms with Crippen LogP contribution in [0.3, 0.4) is 0 Å². The van der Waals surface area contributed by atoms with Crippen molar-refractivity contribution in [2.45, 2.75) is 57.8 Å². The lowest BCUT2D eigenvalue weighted by molar-refractivity contribution is -0.140. The van der Waals surface area contributed by atoms with Crippen molar-refractivity contribution in [3.8, 4) is 0 Å². The third-order valence-electron chi connectivity index (χ3n) is 6.81. The molecule has 3 rings (SSSR count). The van der Waals surface area contributed by atoms with Crippen LogP contribution in [0, 0.1) is 12.8 Å². The smallest absolute Gasteiger partial charge is 0.354 e. The Bertz CT molecular complexity index is 1560. The van der Waals surface area contributed by atoms with Crippen LogP contribution in [0.25, 0.3) is 0 Å². The number of hydrogen-bond acceptors (Lipinski definition) is 4. The fourth-order valence-electron chi connectivity index (χ4n) is 4.40. The number of benzene rings is 3. The second-order valence-corrected chi connectivity index (χ2v) is 13.3. The summed E-state index contributed by atoms with van der Waals surface area (Å²) in [7, 11) is -4.56. The van der Waals surface area contributed by atoms with E-state index in [0.717, 1.165) is 22.6 Å². The fourth-order valence-corrected chi connectivity index (χ4v) is 6.32. The van der Waals surface area contributed by atoms with Gasteiger partial charge < -0.3 is 10.2 Å². The average molecular weight is 673 g/mol. The normalized spacial score (nSPS) is 12.6. The molecule has 13 heteroatoms. The summed E-state index contributed by atoms with van der Waals surface area (Å²) in [5.41, 5.74) is -0.384. The molecule has 2 amide bonds. The van der Waals surface area contributed by atoms with E-state index in [0.29, 0.717) is 22.5 Å². The average Bonchev–Trinajstić information content (AvgIpc) is 2.95. The van der Waals surface area contributed by atoms with Crippen LogP contribution in [0.5, 0.6) is 0 Å². The molecule has 3 aromatic rings. The Labute approximate surface area is 266 Å². The van der Waals surface area contributed by atoms with Gasteiger partial charge in [-0.3, -0.25) is 13.9 Å². The van der Waals surface area contributed by atoms with Gasteiger partial charge in [0, 0.05) is 28.7 Å². The molecule has 0 fully saturated rings. The zero-order valence-corrected chi connectivity index (χ0v) is 27.0. The first-order valence-electron chi connectivity index (χ1n) is 13.8. The molecule has 0 aliphatic rings. The lowest BCUT2D eigenvalue weighted by atomic mass is 10.1. The fraction of sp³-hybridized carbons (Fsp3) is 0.355. The van der Waals surface area contributed by atoms with E-state index in [4.69, 9.17) is 23.2 Å². The van der Waals surface area contributed by atoms with Gasteiger partial charge >= 0.3 is 6.18 Å². The van der Waals surface area contributed by atoms with Gasteiger partial charge in [-0.05, 0) is 61.7 Å². The van der Waals surface area contributed by atoms with Crippen molar-refractivity contribution in [2.24, 2.45) is 5.92 Å². The Kier molecular flexibility index (Phi) is 11.7. The molecular formula is C31H34Cl2F3N3O4S.